The van der Waals surface area contributed by atoms with E-state index in [-0.39, 0.29) is 5.60 Å². The number of nitrogens with zero attached hydrogens (tertiary/aromatic N) is 4. The molecular weight excluding hydrogens is 362 g/mol. The van der Waals surface area contributed by atoms with E-state index in [4.69, 9.17) is 4.74 Å². The first-order valence-corrected chi connectivity index (χ1v) is 10.4. The van der Waals surface area contributed by atoms with E-state index in [0.29, 0.717) is 17.9 Å². The molecule has 0 spiro atoms. The molecular formula is C23H29N5O. The van der Waals surface area contributed by atoms with E-state index in [1.807, 2.05) is 26.4 Å². The molecule has 1 fully saturated rings. The number of fused-ring (bicyclic) bond motifs is 2. The van der Waals surface area contributed by atoms with E-state index < -0.39 is 0 Å². The number of benzene rings is 1. The molecule has 29 heavy (non-hydrogen) atoms. The van der Waals surface area contributed by atoms with Gasteiger partial charge in [-0.05, 0) is 55.5 Å². The number of piperidine rings is 1. The van der Waals surface area contributed by atoms with Crippen molar-refractivity contribution in [2.45, 2.75) is 31.4 Å². The van der Waals surface area contributed by atoms with Crippen molar-refractivity contribution in [1.29, 1.82) is 0 Å². The Bertz CT molecular complexity index is 1040. The third kappa shape index (κ3) is 2.85. The van der Waals surface area contributed by atoms with Crippen LogP contribution < -0.4 is 5.32 Å². The molecule has 6 heteroatoms. The molecule has 2 aliphatic rings. The molecule has 6 nitrogen and oxygen atoms in total. The van der Waals surface area contributed by atoms with Crippen LogP contribution in [0, 0.1) is 12.8 Å². The number of anilines is 1. The molecule has 0 radical (unpaired) electrons. The molecule has 0 bridgehead atoms. The summed E-state index contributed by atoms with van der Waals surface area (Å²) in [4.78, 5) is 11.3. The van der Waals surface area contributed by atoms with Crippen molar-refractivity contribution in [3.05, 3.63) is 53.5 Å². The van der Waals surface area contributed by atoms with Gasteiger partial charge in [-0.1, -0.05) is 12.1 Å². The summed E-state index contributed by atoms with van der Waals surface area (Å²) in [6, 6.07) is 7.01. The van der Waals surface area contributed by atoms with Crippen LogP contribution in [0.2, 0.25) is 0 Å². The number of ether oxygens (including phenoxy) is 1. The summed E-state index contributed by atoms with van der Waals surface area (Å²) in [6.07, 6.45) is 8.02. The first kappa shape index (κ1) is 18.6. The van der Waals surface area contributed by atoms with E-state index in [1.54, 1.807) is 0 Å². The van der Waals surface area contributed by atoms with Gasteiger partial charge in [-0.2, -0.15) is 0 Å². The molecule has 152 valence electrons. The monoisotopic (exact) mass is 391 g/mol. The largest absolute Gasteiger partial charge is 0.372 e. The van der Waals surface area contributed by atoms with Crippen LogP contribution in [-0.4, -0.2) is 52.7 Å². The number of aromatic nitrogens is 3. The second-order valence-electron chi connectivity index (χ2n) is 8.75. The minimum atomic E-state index is -0.290. The lowest BCUT2D eigenvalue weighted by molar-refractivity contribution is -0.123. The molecule has 0 unspecified atom stereocenters. The zero-order valence-corrected chi connectivity index (χ0v) is 17.6. The summed E-state index contributed by atoms with van der Waals surface area (Å²) < 4.78 is 8.65. The van der Waals surface area contributed by atoms with E-state index in [9.17, 15) is 0 Å². The Morgan fingerprint density at radius 3 is 2.79 bits per heavy atom. The van der Waals surface area contributed by atoms with Crippen molar-refractivity contribution in [2.75, 3.05) is 32.6 Å². The Morgan fingerprint density at radius 1 is 1.24 bits per heavy atom. The third-order valence-electron chi connectivity index (χ3n) is 6.86. The lowest BCUT2D eigenvalue weighted by atomic mass is 9.68. The molecule has 1 aromatic carbocycles. The molecule has 3 atom stereocenters. The number of hydrogen-bond donors (Lipinski definition) is 1. The Morgan fingerprint density at radius 2 is 2.03 bits per heavy atom. The van der Waals surface area contributed by atoms with Crippen molar-refractivity contribution in [2.24, 2.45) is 13.0 Å². The van der Waals surface area contributed by atoms with Gasteiger partial charge in [0.2, 0.25) is 5.95 Å². The van der Waals surface area contributed by atoms with Crippen LogP contribution in [0.5, 0.6) is 0 Å². The summed E-state index contributed by atoms with van der Waals surface area (Å²) >= 11 is 0. The Kier molecular flexibility index (Phi) is 4.37. The van der Waals surface area contributed by atoms with Crippen molar-refractivity contribution in [1.82, 2.24) is 19.4 Å². The van der Waals surface area contributed by atoms with Gasteiger partial charge in [-0.3, -0.25) is 4.90 Å². The standard InChI is InChI=1S/C23H29N5O/c1-15-10-24-22(25-11-15)26-12-16-9-23(29-4)18-6-5-7-19-21(18)17(14-27(19)2)8-20(23)28(3)13-16/h5-7,10-11,14,16,20H,8-9,12-13H2,1-4H3,(H,24,25,26)/t16-,20+,23-/m0/s1. The van der Waals surface area contributed by atoms with Crippen molar-refractivity contribution in [3.63, 3.8) is 0 Å². The predicted molar refractivity (Wildman–Crippen MR) is 115 cm³/mol. The maximum Gasteiger partial charge on any atom is 0.222 e. The van der Waals surface area contributed by atoms with Gasteiger partial charge in [-0.25, -0.2) is 9.97 Å². The predicted octanol–water partition coefficient (Wildman–Crippen LogP) is 3.11. The van der Waals surface area contributed by atoms with Crippen LogP contribution in [0.4, 0.5) is 5.95 Å². The number of methoxy groups -OCH3 is 1. The van der Waals surface area contributed by atoms with E-state index in [1.165, 1.54) is 22.0 Å². The molecule has 3 aromatic rings. The maximum atomic E-state index is 6.40. The van der Waals surface area contributed by atoms with Crippen LogP contribution in [-0.2, 0) is 23.8 Å². The SMILES string of the molecule is CO[C@]12C[C@@H](CNc3ncc(C)cn3)CN(C)[C@@H]1Cc1cn(C)c3cccc2c13. The second-order valence-corrected chi connectivity index (χ2v) is 8.75. The number of nitrogens with one attached hydrogen (secondary N) is 1. The van der Waals surface area contributed by atoms with Gasteiger partial charge < -0.3 is 14.6 Å². The summed E-state index contributed by atoms with van der Waals surface area (Å²) in [5, 5.41) is 4.82. The fraction of sp³-hybridized carbons (Fsp3) is 0.478. The zero-order valence-electron chi connectivity index (χ0n) is 17.6. The van der Waals surface area contributed by atoms with Crippen molar-refractivity contribution in [3.8, 4) is 0 Å². The molecule has 3 heterocycles. The topological polar surface area (TPSA) is 55.2 Å². The number of likely N-dealkylation sites (N-methyl/N-ethyl adjacent to an activating group) is 1. The van der Waals surface area contributed by atoms with Crippen LogP contribution in [0.3, 0.4) is 0 Å². The van der Waals surface area contributed by atoms with Gasteiger partial charge >= 0.3 is 0 Å². The highest BCUT2D eigenvalue weighted by molar-refractivity contribution is 5.89. The Balaban J connectivity index is 1.48. The maximum absolute atomic E-state index is 6.40. The fourth-order valence-electron chi connectivity index (χ4n) is 5.57. The second kappa shape index (κ2) is 6.82. The highest BCUT2D eigenvalue weighted by Gasteiger charge is 2.51. The zero-order chi connectivity index (χ0) is 20.2. The first-order chi connectivity index (χ1) is 14.0. The molecule has 0 amide bonds. The highest BCUT2D eigenvalue weighted by atomic mass is 16.5. The number of aryl methyl sites for hydroxylation is 2. The van der Waals surface area contributed by atoms with Crippen LogP contribution >= 0.6 is 0 Å². The number of rotatable bonds is 4. The number of hydrogen-bond acceptors (Lipinski definition) is 5. The normalized spacial score (nSPS) is 26.5. The Labute approximate surface area is 171 Å². The lowest BCUT2D eigenvalue weighted by Gasteiger charge is -2.53. The fourth-order valence-corrected chi connectivity index (χ4v) is 5.57. The van der Waals surface area contributed by atoms with Crippen molar-refractivity contribution >= 4 is 16.9 Å². The van der Waals surface area contributed by atoms with Crippen molar-refractivity contribution < 1.29 is 4.74 Å². The summed E-state index contributed by atoms with van der Waals surface area (Å²) in [5.41, 5.74) is 4.85. The van der Waals surface area contributed by atoms with Gasteiger partial charge in [0.05, 0.1) is 0 Å². The summed E-state index contributed by atoms with van der Waals surface area (Å²) in [5.74, 6) is 1.14. The van der Waals surface area contributed by atoms with Gasteiger partial charge in [0.25, 0.3) is 0 Å². The molecule has 1 aliphatic carbocycles. The molecule has 5 rings (SSSR count). The van der Waals surface area contributed by atoms with Gasteiger partial charge in [0.1, 0.15) is 5.60 Å². The highest BCUT2D eigenvalue weighted by Crippen LogP contribution is 2.49. The summed E-state index contributed by atoms with van der Waals surface area (Å²) in [6.45, 7) is 3.87. The minimum absolute atomic E-state index is 0.290. The van der Waals surface area contributed by atoms with Gasteiger partial charge in [-0.15, -0.1) is 0 Å². The van der Waals surface area contributed by atoms with Gasteiger partial charge in [0, 0.05) is 62.8 Å². The molecule has 1 N–H and O–H groups in total. The lowest BCUT2D eigenvalue weighted by Crippen LogP contribution is -2.60. The molecule has 1 aliphatic heterocycles. The first-order valence-electron chi connectivity index (χ1n) is 10.4. The van der Waals surface area contributed by atoms with Crippen LogP contribution in [0.25, 0.3) is 10.9 Å². The number of likely N-dealkylation sites (tertiary alicyclic amines) is 1. The average Bonchev–Trinajstić information content (AvgIpc) is 3.05. The van der Waals surface area contributed by atoms with E-state index in [2.05, 4.69) is 63.2 Å². The summed E-state index contributed by atoms with van der Waals surface area (Å²) in [7, 11) is 6.26. The van der Waals surface area contributed by atoms with Crippen LogP contribution in [0.15, 0.2) is 36.8 Å². The average molecular weight is 392 g/mol. The quantitative estimate of drug-likeness (QED) is 0.741. The molecule has 2 aromatic heterocycles. The van der Waals surface area contributed by atoms with Gasteiger partial charge in [0.15, 0.2) is 0 Å². The third-order valence-corrected chi connectivity index (χ3v) is 6.86. The molecule has 1 saturated heterocycles. The van der Waals surface area contributed by atoms with Crippen LogP contribution in [0.1, 0.15) is 23.1 Å². The Hall–Kier alpha value is -2.44. The smallest absolute Gasteiger partial charge is 0.222 e. The van der Waals surface area contributed by atoms with E-state index >= 15 is 0 Å². The molecule has 0 saturated carbocycles. The minimum Gasteiger partial charge on any atom is -0.372 e. The van der Waals surface area contributed by atoms with E-state index in [0.717, 1.165) is 31.5 Å².